The molecule has 3 rings (SSSR count). The van der Waals surface area contributed by atoms with E-state index in [-0.39, 0.29) is 11.7 Å². The molecular formula is C19H18BrN3O3S. The zero-order valence-corrected chi connectivity index (χ0v) is 17.3. The fourth-order valence-corrected chi connectivity index (χ4v) is 3.52. The lowest BCUT2D eigenvalue weighted by Crippen LogP contribution is -2.27. The summed E-state index contributed by atoms with van der Waals surface area (Å²) in [4.78, 5) is 14.1. The Balaban J connectivity index is 1.59. The highest BCUT2D eigenvalue weighted by Crippen LogP contribution is 2.30. The lowest BCUT2D eigenvalue weighted by atomic mass is 10.2. The molecule has 0 saturated heterocycles. The lowest BCUT2D eigenvalue weighted by Gasteiger charge is -2.17. The molecule has 0 aliphatic rings. The average molecular weight is 448 g/mol. The van der Waals surface area contributed by atoms with Crippen LogP contribution in [0.5, 0.6) is 5.75 Å². The summed E-state index contributed by atoms with van der Waals surface area (Å²) in [6, 6.07) is 15.2. The Morgan fingerprint density at radius 3 is 2.70 bits per heavy atom. The van der Waals surface area contributed by atoms with Gasteiger partial charge in [-0.15, -0.1) is 10.2 Å². The van der Waals surface area contributed by atoms with Crippen LogP contribution in [0.1, 0.15) is 5.56 Å². The minimum absolute atomic E-state index is 0.0206. The summed E-state index contributed by atoms with van der Waals surface area (Å²) in [7, 11) is 3.36. The standard InChI is InChI=1S/C19H18BrN3O3S/c1-23(11-13-7-3-5-9-15(13)20)17(24)12-27-19-22-21-18(26-19)14-8-4-6-10-16(14)25-2/h3-10H,11-12H2,1-2H3. The first-order valence-corrected chi connectivity index (χ1v) is 9.93. The number of benzene rings is 2. The van der Waals surface area contributed by atoms with Gasteiger partial charge in [-0.1, -0.05) is 58.0 Å². The molecule has 1 aromatic heterocycles. The fraction of sp³-hybridized carbons (Fsp3) is 0.211. The largest absolute Gasteiger partial charge is 0.496 e. The number of amides is 1. The van der Waals surface area contributed by atoms with Crippen molar-refractivity contribution in [2.45, 2.75) is 11.8 Å². The third-order valence-electron chi connectivity index (χ3n) is 3.85. The molecule has 8 heteroatoms. The molecule has 0 saturated carbocycles. The first-order valence-electron chi connectivity index (χ1n) is 8.15. The van der Waals surface area contributed by atoms with E-state index in [0.717, 1.165) is 15.6 Å². The second-order valence-electron chi connectivity index (χ2n) is 5.70. The van der Waals surface area contributed by atoms with Gasteiger partial charge in [-0.25, -0.2) is 0 Å². The maximum absolute atomic E-state index is 12.4. The van der Waals surface area contributed by atoms with Crippen LogP contribution in [0.25, 0.3) is 11.5 Å². The highest BCUT2D eigenvalue weighted by atomic mass is 79.9. The third kappa shape index (κ3) is 4.90. The van der Waals surface area contributed by atoms with E-state index in [1.807, 2.05) is 48.5 Å². The van der Waals surface area contributed by atoms with Crippen molar-refractivity contribution in [3.63, 3.8) is 0 Å². The number of aromatic nitrogens is 2. The van der Waals surface area contributed by atoms with Gasteiger partial charge in [0.05, 0.1) is 18.4 Å². The molecule has 2 aromatic carbocycles. The van der Waals surface area contributed by atoms with Crippen molar-refractivity contribution < 1.29 is 13.9 Å². The van der Waals surface area contributed by atoms with Gasteiger partial charge in [-0.2, -0.15) is 0 Å². The van der Waals surface area contributed by atoms with Crippen LogP contribution in [-0.2, 0) is 11.3 Å². The number of thioether (sulfide) groups is 1. The van der Waals surface area contributed by atoms with Gasteiger partial charge in [0.1, 0.15) is 5.75 Å². The zero-order chi connectivity index (χ0) is 19.2. The maximum Gasteiger partial charge on any atom is 0.277 e. The number of hydrogen-bond donors (Lipinski definition) is 0. The Morgan fingerprint density at radius 2 is 1.93 bits per heavy atom. The van der Waals surface area contributed by atoms with E-state index in [1.54, 1.807) is 19.1 Å². The maximum atomic E-state index is 12.4. The first-order chi connectivity index (χ1) is 13.1. The van der Waals surface area contributed by atoms with Crippen LogP contribution in [0.2, 0.25) is 0 Å². The molecule has 0 aliphatic carbocycles. The van der Waals surface area contributed by atoms with Gasteiger partial charge in [-0.3, -0.25) is 4.79 Å². The van der Waals surface area contributed by atoms with Crippen LogP contribution >= 0.6 is 27.7 Å². The monoisotopic (exact) mass is 447 g/mol. The molecule has 0 radical (unpaired) electrons. The van der Waals surface area contributed by atoms with Crippen molar-refractivity contribution in [1.29, 1.82) is 0 Å². The van der Waals surface area contributed by atoms with E-state index in [9.17, 15) is 4.79 Å². The van der Waals surface area contributed by atoms with Crippen LogP contribution in [0.15, 0.2) is 62.6 Å². The van der Waals surface area contributed by atoms with Gasteiger partial charge < -0.3 is 14.1 Å². The molecule has 0 aliphatic heterocycles. The molecule has 1 amide bonds. The number of rotatable bonds is 7. The van der Waals surface area contributed by atoms with Crippen molar-refractivity contribution in [2.75, 3.05) is 19.9 Å². The number of para-hydroxylation sites is 1. The average Bonchev–Trinajstić information content (AvgIpc) is 3.16. The third-order valence-corrected chi connectivity index (χ3v) is 5.43. The van der Waals surface area contributed by atoms with E-state index in [0.29, 0.717) is 23.4 Å². The van der Waals surface area contributed by atoms with Gasteiger partial charge in [-0.05, 0) is 23.8 Å². The number of nitrogens with zero attached hydrogens (tertiary/aromatic N) is 3. The number of carbonyl (C=O) groups excluding carboxylic acids is 1. The van der Waals surface area contributed by atoms with E-state index >= 15 is 0 Å². The molecule has 0 atom stereocenters. The van der Waals surface area contributed by atoms with Crippen molar-refractivity contribution in [2.24, 2.45) is 0 Å². The number of ether oxygens (including phenoxy) is 1. The summed E-state index contributed by atoms with van der Waals surface area (Å²) < 4.78 is 12.0. The smallest absolute Gasteiger partial charge is 0.277 e. The quantitative estimate of drug-likeness (QED) is 0.504. The summed E-state index contributed by atoms with van der Waals surface area (Å²) in [5.41, 5.74) is 1.77. The topological polar surface area (TPSA) is 68.5 Å². The summed E-state index contributed by atoms with van der Waals surface area (Å²) in [6.07, 6.45) is 0. The molecule has 27 heavy (non-hydrogen) atoms. The number of hydrogen-bond acceptors (Lipinski definition) is 6. The normalized spacial score (nSPS) is 10.6. The minimum Gasteiger partial charge on any atom is -0.496 e. The number of methoxy groups -OCH3 is 1. The Morgan fingerprint density at radius 1 is 1.19 bits per heavy atom. The fourth-order valence-electron chi connectivity index (χ4n) is 2.40. The van der Waals surface area contributed by atoms with Gasteiger partial charge in [0.2, 0.25) is 5.91 Å². The van der Waals surface area contributed by atoms with Crippen molar-refractivity contribution in [1.82, 2.24) is 15.1 Å². The molecule has 0 N–H and O–H groups in total. The Labute approximate surface area is 170 Å². The van der Waals surface area contributed by atoms with Gasteiger partial charge in [0, 0.05) is 18.1 Å². The number of halogens is 1. The lowest BCUT2D eigenvalue weighted by molar-refractivity contribution is -0.127. The van der Waals surface area contributed by atoms with E-state index in [4.69, 9.17) is 9.15 Å². The van der Waals surface area contributed by atoms with Gasteiger partial charge in [0.15, 0.2) is 0 Å². The molecule has 6 nitrogen and oxygen atoms in total. The second kappa shape index (κ2) is 9.05. The summed E-state index contributed by atoms with van der Waals surface area (Å²) >= 11 is 4.72. The predicted molar refractivity (Wildman–Crippen MR) is 108 cm³/mol. The van der Waals surface area contributed by atoms with E-state index in [2.05, 4.69) is 26.1 Å². The molecular weight excluding hydrogens is 430 g/mol. The SMILES string of the molecule is COc1ccccc1-c1nnc(SCC(=O)N(C)Cc2ccccc2Br)o1. The molecule has 0 fully saturated rings. The molecule has 1 heterocycles. The van der Waals surface area contributed by atoms with Crippen LogP contribution in [0.3, 0.4) is 0 Å². The van der Waals surface area contributed by atoms with Crippen molar-refractivity contribution in [3.8, 4) is 17.2 Å². The van der Waals surface area contributed by atoms with Crippen LogP contribution < -0.4 is 4.74 Å². The van der Waals surface area contributed by atoms with E-state index in [1.165, 1.54) is 11.8 Å². The number of carbonyl (C=O) groups is 1. The highest BCUT2D eigenvalue weighted by Gasteiger charge is 2.16. The van der Waals surface area contributed by atoms with Crippen LogP contribution in [-0.4, -0.2) is 40.9 Å². The highest BCUT2D eigenvalue weighted by molar-refractivity contribution is 9.10. The molecule has 140 valence electrons. The molecule has 0 spiro atoms. The Kier molecular flexibility index (Phi) is 6.52. The molecule has 0 unspecified atom stereocenters. The Bertz CT molecular complexity index is 932. The van der Waals surface area contributed by atoms with Crippen molar-refractivity contribution >= 4 is 33.6 Å². The first kappa shape index (κ1) is 19.4. The summed E-state index contributed by atoms with van der Waals surface area (Å²) in [5.74, 6) is 1.22. The molecule has 3 aromatic rings. The van der Waals surface area contributed by atoms with Crippen LogP contribution in [0.4, 0.5) is 0 Å². The zero-order valence-electron chi connectivity index (χ0n) is 14.9. The van der Waals surface area contributed by atoms with Crippen LogP contribution in [0, 0.1) is 0 Å². The predicted octanol–water partition coefficient (Wildman–Crippen LogP) is 4.26. The summed E-state index contributed by atoms with van der Waals surface area (Å²) in [6.45, 7) is 0.525. The second-order valence-corrected chi connectivity index (χ2v) is 7.48. The minimum atomic E-state index is -0.0206. The van der Waals surface area contributed by atoms with Crippen molar-refractivity contribution in [3.05, 3.63) is 58.6 Å². The Hall–Kier alpha value is -2.32. The summed E-state index contributed by atoms with van der Waals surface area (Å²) in [5, 5.41) is 8.40. The van der Waals surface area contributed by atoms with Gasteiger partial charge in [0.25, 0.3) is 11.1 Å². The van der Waals surface area contributed by atoms with Gasteiger partial charge >= 0.3 is 0 Å². The molecule has 0 bridgehead atoms. The van der Waals surface area contributed by atoms with E-state index < -0.39 is 0 Å².